The van der Waals surface area contributed by atoms with Crippen LogP contribution < -0.4 is 0 Å². The molecule has 0 saturated carbocycles. The van der Waals surface area contributed by atoms with Gasteiger partial charge in [0.2, 0.25) is 0 Å². The monoisotopic (exact) mass is 339 g/mol. The van der Waals surface area contributed by atoms with E-state index in [1.54, 1.807) is 4.68 Å². The van der Waals surface area contributed by atoms with Crippen molar-refractivity contribution < 1.29 is 9.18 Å². The van der Waals surface area contributed by atoms with Crippen molar-refractivity contribution in [1.29, 1.82) is 0 Å². The van der Waals surface area contributed by atoms with Gasteiger partial charge in [-0.2, -0.15) is 5.10 Å². The summed E-state index contributed by atoms with van der Waals surface area (Å²) < 4.78 is 16.2. The zero-order valence-corrected chi connectivity index (χ0v) is 12.9. The smallest absolute Gasteiger partial charge is 0.190 e. The molecule has 0 aliphatic heterocycles. The Morgan fingerprint density at radius 3 is 2.80 bits per heavy atom. The van der Waals surface area contributed by atoms with E-state index in [2.05, 4.69) is 26.0 Å². The standard InChI is InChI=1S/C14H15BrFN3O/c1-3-10-13(15)11(19(4-2)18-10)8-12(20)14-9(16)6-5-7-17-14/h5-7H,3-4,8H2,1-2H3. The molecule has 0 amide bonds. The average Bonchev–Trinajstić information content (AvgIpc) is 2.75. The number of carbonyl (C=O) groups is 1. The molecule has 0 atom stereocenters. The fraction of sp³-hybridized carbons (Fsp3) is 0.357. The molecule has 6 heteroatoms. The molecule has 106 valence electrons. The molecule has 0 fully saturated rings. The molecule has 0 spiro atoms. The van der Waals surface area contributed by atoms with Gasteiger partial charge in [0.1, 0.15) is 5.69 Å². The normalized spacial score (nSPS) is 10.8. The third-order valence-electron chi connectivity index (χ3n) is 3.04. The predicted molar refractivity (Wildman–Crippen MR) is 77.2 cm³/mol. The van der Waals surface area contributed by atoms with E-state index in [-0.39, 0.29) is 17.9 Å². The number of halogens is 2. The quantitative estimate of drug-likeness (QED) is 0.786. The third-order valence-corrected chi connectivity index (χ3v) is 3.96. The van der Waals surface area contributed by atoms with Crippen LogP contribution in [0.5, 0.6) is 0 Å². The summed E-state index contributed by atoms with van der Waals surface area (Å²) in [6, 6.07) is 2.71. The zero-order valence-electron chi connectivity index (χ0n) is 11.4. The minimum atomic E-state index is -0.591. The van der Waals surface area contributed by atoms with Crippen molar-refractivity contribution in [3.63, 3.8) is 0 Å². The van der Waals surface area contributed by atoms with E-state index in [0.717, 1.165) is 22.3 Å². The maximum absolute atomic E-state index is 13.6. The molecule has 0 aliphatic carbocycles. The Morgan fingerprint density at radius 1 is 1.45 bits per heavy atom. The fourth-order valence-corrected chi connectivity index (χ4v) is 2.72. The number of Topliss-reactive ketones (excluding diaryl/α,β-unsaturated/α-hetero) is 1. The second-order valence-corrected chi connectivity index (χ2v) is 5.10. The molecule has 2 aromatic rings. The molecule has 0 aromatic carbocycles. The van der Waals surface area contributed by atoms with Crippen molar-refractivity contribution in [3.8, 4) is 0 Å². The molecule has 0 saturated heterocycles. The molecule has 0 unspecified atom stereocenters. The molecule has 2 rings (SSSR count). The van der Waals surface area contributed by atoms with Crippen molar-refractivity contribution in [1.82, 2.24) is 14.8 Å². The highest BCUT2D eigenvalue weighted by Gasteiger charge is 2.20. The topological polar surface area (TPSA) is 47.8 Å². The number of rotatable bonds is 5. The lowest BCUT2D eigenvalue weighted by atomic mass is 10.1. The van der Waals surface area contributed by atoms with Crippen LogP contribution in [-0.2, 0) is 19.4 Å². The van der Waals surface area contributed by atoms with E-state index in [1.165, 1.54) is 18.3 Å². The van der Waals surface area contributed by atoms with E-state index in [0.29, 0.717) is 6.54 Å². The maximum Gasteiger partial charge on any atom is 0.190 e. The maximum atomic E-state index is 13.6. The Labute approximate surface area is 125 Å². The Hall–Kier alpha value is -1.56. The number of aromatic nitrogens is 3. The fourth-order valence-electron chi connectivity index (χ4n) is 2.01. The molecule has 0 aliphatic rings. The minimum absolute atomic E-state index is 0.0787. The number of pyridine rings is 1. The Kier molecular flexibility index (Phi) is 4.65. The summed E-state index contributed by atoms with van der Waals surface area (Å²) in [6.07, 6.45) is 2.27. The molecule has 20 heavy (non-hydrogen) atoms. The Balaban J connectivity index is 2.33. The van der Waals surface area contributed by atoms with E-state index in [1.807, 2.05) is 13.8 Å². The number of hydrogen-bond donors (Lipinski definition) is 0. The molecule has 0 radical (unpaired) electrons. The van der Waals surface area contributed by atoms with Crippen LogP contribution in [-0.4, -0.2) is 20.5 Å². The largest absolute Gasteiger partial charge is 0.292 e. The molecule has 4 nitrogen and oxygen atoms in total. The van der Waals surface area contributed by atoms with Crippen molar-refractivity contribution in [2.24, 2.45) is 0 Å². The Morgan fingerprint density at radius 2 is 2.20 bits per heavy atom. The summed E-state index contributed by atoms with van der Waals surface area (Å²) in [6.45, 7) is 4.61. The Bertz CT molecular complexity index is 639. The lowest BCUT2D eigenvalue weighted by Crippen LogP contribution is -2.12. The van der Waals surface area contributed by atoms with E-state index in [4.69, 9.17) is 0 Å². The summed E-state index contributed by atoms with van der Waals surface area (Å²) in [5.41, 5.74) is 1.54. The van der Waals surface area contributed by atoms with E-state index < -0.39 is 5.82 Å². The van der Waals surface area contributed by atoms with Crippen molar-refractivity contribution in [2.45, 2.75) is 33.2 Å². The first-order chi connectivity index (χ1) is 9.58. The lowest BCUT2D eigenvalue weighted by molar-refractivity contribution is 0.0981. The van der Waals surface area contributed by atoms with E-state index in [9.17, 15) is 9.18 Å². The average molecular weight is 340 g/mol. The van der Waals surface area contributed by atoms with Gasteiger partial charge in [-0.25, -0.2) is 4.39 Å². The van der Waals surface area contributed by atoms with Crippen LogP contribution in [0.1, 0.15) is 35.7 Å². The van der Waals surface area contributed by atoms with Crippen molar-refractivity contribution >= 4 is 21.7 Å². The molecular weight excluding hydrogens is 325 g/mol. The van der Waals surface area contributed by atoms with Gasteiger partial charge in [0.15, 0.2) is 11.6 Å². The van der Waals surface area contributed by atoms with Crippen LogP contribution in [0.15, 0.2) is 22.8 Å². The van der Waals surface area contributed by atoms with E-state index >= 15 is 0 Å². The first-order valence-electron chi connectivity index (χ1n) is 6.46. The molecule has 0 N–H and O–H groups in total. The van der Waals surface area contributed by atoms with Gasteiger partial charge in [0, 0.05) is 12.7 Å². The second-order valence-electron chi connectivity index (χ2n) is 4.31. The summed E-state index contributed by atoms with van der Waals surface area (Å²) in [5, 5.41) is 4.42. The summed E-state index contributed by atoms with van der Waals surface area (Å²) in [4.78, 5) is 16.0. The van der Waals surface area contributed by atoms with Gasteiger partial charge < -0.3 is 0 Å². The van der Waals surface area contributed by atoms with Crippen LogP contribution in [0.4, 0.5) is 4.39 Å². The van der Waals surface area contributed by atoms with Crippen molar-refractivity contribution in [3.05, 3.63) is 45.7 Å². The summed E-state index contributed by atoms with van der Waals surface area (Å²) >= 11 is 3.47. The lowest BCUT2D eigenvalue weighted by Gasteiger charge is -2.05. The first-order valence-corrected chi connectivity index (χ1v) is 7.25. The highest BCUT2D eigenvalue weighted by molar-refractivity contribution is 9.10. The number of nitrogens with zero attached hydrogens (tertiary/aromatic N) is 3. The molecule has 2 aromatic heterocycles. The van der Waals surface area contributed by atoms with Gasteiger partial charge in [-0.1, -0.05) is 6.92 Å². The van der Waals surface area contributed by atoms with Crippen LogP contribution in [0.25, 0.3) is 0 Å². The number of hydrogen-bond acceptors (Lipinski definition) is 3. The van der Waals surface area contributed by atoms with Gasteiger partial charge >= 0.3 is 0 Å². The molecular formula is C14H15BrFN3O. The van der Waals surface area contributed by atoms with Crippen LogP contribution >= 0.6 is 15.9 Å². The SMILES string of the molecule is CCc1nn(CC)c(CC(=O)c2ncccc2F)c1Br. The number of aryl methyl sites for hydroxylation is 2. The van der Waals surface area contributed by atoms with Crippen LogP contribution in [0.2, 0.25) is 0 Å². The highest BCUT2D eigenvalue weighted by atomic mass is 79.9. The van der Waals surface area contributed by atoms with Gasteiger partial charge in [-0.3, -0.25) is 14.5 Å². The predicted octanol–water partition coefficient (Wildman–Crippen LogP) is 3.19. The van der Waals surface area contributed by atoms with Gasteiger partial charge in [-0.05, 0) is 41.4 Å². The zero-order chi connectivity index (χ0) is 14.7. The first kappa shape index (κ1) is 14.8. The van der Waals surface area contributed by atoms with Gasteiger partial charge in [0.25, 0.3) is 0 Å². The van der Waals surface area contributed by atoms with Gasteiger partial charge in [-0.15, -0.1) is 0 Å². The van der Waals surface area contributed by atoms with Gasteiger partial charge in [0.05, 0.1) is 22.3 Å². The van der Waals surface area contributed by atoms with Crippen LogP contribution in [0, 0.1) is 5.82 Å². The highest BCUT2D eigenvalue weighted by Crippen LogP contribution is 2.23. The molecule has 0 bridgehead atoms. The third kappa shape index (κ3) is 2.80. The summed E-state index contributed by atoms with van der Waals surface area (Å²) in [7, 11) is 0. The van der Waals surface area contributed by atoms with Crippen molar-refractivity contribution in [2.75, 3.05) is 0 Å². The second kappa shape index (κ2) is 6.26. The molecule has 2 heterocycles. The van der Waals surface area contributed by atoms with Crippen LogP contribution in [0.3, 0.4) is 0 Å². The number of ketones is 1. The summed E-state index contributed by atoms with van der Waals surface area (Å²) in [5.74, 6) is -0.937. The number of carbonyl (C=O) groups excluding carboxylic acids is 1. The minimum Gasteiger partial charge on any atom is -0.292 e.